The molecule has 166 valence electrons. The number of carbonyl (C=O) groups excluding carboxylic acids is 1. The summed E-state index contributed by atoms with van der Waals surface area (Å²) in [7, 11) is 0. The Kier molecular flexibility index (Phi) is 6.66. The number of benzene rings is 1. The van der Waals surface area contributed by atoms with Gasteiger partial charge in [-0.25, -0.2) is 9.48 Å². The summed E-state index contributed by atoms with van der Waals surface area (Å²) in [6, 6.07) is 9.93. The van der Waals surface area contributed by atoms with Gasteiger partial charge in [-0.05, 0) is 49.9 Å². The van der Waals surface area contributed by atoms with Gasteiger partial charge in [0.15, 0.2) is 0 Å². The summed E-state index contributed by atoms with van der Waals surface area (Å²) in [5, 5.41) is 4.25. The Morgan fingerprint density at radius 3 is 2.81 bits per heavy atom. The van der Waals surface area contributed by atoms with Crippen LogP contribution in [0.2, 0.25) is 0 Å². The van der Waals surface area contributed by atoms with Crippen molar-refractivity contribution in [2.45, 2.75) is 38.8 Å². The molecule has 1 aliphatic rings. The van der Waals surface area contributed by atoms with Crippen molar-refractivity contribution in [2.24, 2.45) is 0 Å². The molecule has 0 aliphatic heterocycles. The first kappa shape index (κ1) is 21.8. The molecule has 1 atom stereocenters. The molecule has 1 aliphatic carbocycles. The van der Waals surface area contributed by atoms with Crippen molar-refractivity contribution in [3.8, 4) is 5.69 Å². The molecule has 3 aromatic rings. The van der Waals surface area contributed by atoms with Crippen molar-refractivity contribution in [2.75, 3.05) is 13.2 Å². The molecule has 7 nitrogen and oxygen atoms in total. The molecular weight excluding hydrogens is 406 g/mol. The van der Waals surface area contributed by atoms with E-state index in [1.165, 1.54) is 0 Å². The van der Waals surface area contributed by atoms with E-state index in [-0.39, 0.29) is 23.7 Å². The minimum absolute atomic E-state index is 0.0489. The maximum Gasteiger partial charge on any atom is 0.343 e. The molecular formula is C25H27N3O4. The van der Waals surface area contributed by atoms with Crippen LogP contribution in [0.1, 0.15) is 53.0 Å². The number of esters is 1. The fourth-order valence-electron chi connectivity index (χ4n) is 4.15. The Morgan fingerprint density at radius 1 is 1.31 bits per heavy atom. The molecule has 1 unspecified atom stereocenters. The Balaban J connectivity index is 1.73. The largest absolute Gasteiger partial charge is 0.462 e. The average Bonchev–Trinajstić information content (AvgIpc) is 3.35. The van der Waals surface area contributed by atoms with Crippen LogP contribution in [0.25, 0.3) is 5.69 Å². The SMILES string of the molecule is C=CCOC1CCCc2c1c(=O)c(C(=O)OCC)cn2Cc1ccc(-n2cccn2)cc1. The Labute approximate surface area is 186 Å². The van der Waals surface area contributed by atoms with E-state index < -0.39 is 5.97 Å². The van der Waals surface area contributed by atoms with Crippen LogP contribution in [0.5, 0.6) is 0 Å². The molecule has 1 aromatic carbocycles. The third-order valence-corrected chi connectivity index (χ3v) is 5.60. The maximum atomic E-state index is 13.3. The Hall–Kier alpha value is -3.45. The summed E-state index contributed by atoms with van der Waals surface area (Å²) in [6.07, 6.45) is 8.98. The van der Waals surface area contributed by atoms with E-state index >= 15 is 0 Å². The van der Waals surface area contributed by atoms with Crippen LogP contribution >= 0.6 is 0 Å². The molecule has 2 aromatic heterocycles. The lowest BCUT2D eigenvalue weighted by molar-refractivity contribution is 0.0513. The van der Waals surface area contributed by atoms with Crippen LogP contribution in [-0.2, 0) is 22.4 Å². The molecule has 2 heterocycles. The number of hydrogen-bond donors (Lipinski definition) is 0. The highest BCUT2D eigenvalue weighted by Gasteiger charge is 2.29. The van der Waals surface area contributed by atoms with E-state index in [0.29, 0.717) is 18.7 Å². The second kappa shape index (κ2) is 9.78. The average molecular weight is 434 g/mol. The number of rotatable bonds is 8. The highest BCUT2D eigenvalue weighted by Crippen LogP contribution is 2.31. The van der Waals surface area contributed by atoms with Gasteiger partial charge in [0, 0.05) is 36.4 Å². The molecule has 4 rings (SSSR count). The van der Waals surface area contributed by atoms with E-state index in [2.05, 4.69) is 11.7 Å². The van der Waals surface area contributed by atoms with Gasteiger partial charge in [0.25, 0.3) is 0 Å². The second-order valence-corrected chi connectivity index (χ2v) is 7.70. The maximum absolute atomic E-state index is 13.3. The van der Waals surface area contributed by atoms with Gasteiger partial charge in [-0.1, -0.05) is 18.2 Å². The first-order valence-electron chi connectivity index (χ1n) is 10.9. The number of pyridine rings is 1. The zero-order valence-corrected chi connectivity index (χ0v) is 18.2. The zero-order chi connectivity index (χ0) is 22.5. The van der Waals surface area contributed by atoms with Crippen LogP contribution in [0.15, 0.2) is 66.4 Å². The fourth-order valence-corrected chi connectivity index (χ4v) is 4.15. The van der Waals surface area contributed by atoms with Gasteiger partial charge in [-0.3, -0.25) is 4.79 Å². The summed E-state index contributed by atoms with van der Waals surface area (Å²) < 4.78 is 14.9. The van der Waals surface area contributed by atoms with Gasteiger partial charge in [0.05, 0.1) is 25.0 Å². The predicted molar refractivity (Wildman–Crippen MR) is 121 cm³/mol. The molecule has 0 fully saturated rings. The lowest BCUT2D eigenvalue weighted by Crippen LogP contribution is -2.31. The van der Waals surface area contributed by atoms with Gasteiger partial charge in [0.2, 0.25) is 5.43 Å². The van der Waals surface area contributed by atoms with Crippen LogP contribution in [0, 0.1) is 0 Å². The van der Waals surface area contributed by atoms with Gasteiger partial charge in [-0.2, -0.15) is 5.10 Å². The van der Waals surface area contributed by atoms with Gasteiger partial charge in [-0.15, -0.1) is 6.58 Å². The molecule has 0 saturated carbocycles. The van der Waals surface area contributed by atoms with Crippen LogP contribution in [0.4, 0.5) is 0 Å². The zero-order valence-electron chi connectivity index (χ0n) is 18.2. The highest BCUT2D eigenvalue weighted by atomic mass is 16.5. The Morgan fingerprint density at radius 2 is 2.12 bits per heavy atom. The molecule has 0 spiro atoms. The normalized spacial score (nSPS) is 15.2. The molecule has 0 bridgehead atoms. The van der Waals surface area contributed by atoms with Crippen LogP contribution in [0.3, 0.4) is 0 Å². The number of nitrogens with zero attached hydrogens (tertiary/aromatic N) is 3. The van der Waals surface area contributed by atoms with E-state index in [4.69, 9.17) is 9.47 Å². The first-order valence-corrected chi connectivity index (χ1v) is 10.9. The first-order chi connectivity index (χ1) is 15.6. The smallest absolute Gasteiger partial charge is 0.343 e. The topological polar surface area (TPSA) is 75.4 Å². The quantitative estimate of drug-likeness (QED) is 0.399. The minimum atomic E-state index is -0.601. The highest BCUT2D eigenvalue weighted by molar-refractivity contribution is 5.89. The number of aromatic nitrogens is 3. The molecule has 7 heteroatoms. The van der Waals surface area contributed by atoms with Crippen LogP contribution < -0.4 is 5.43 Å². The molecule has 0 radical (unpaired) electrons. The van der Waals surface area contributed by atoms with Crippen molar-refractivity contribution in [3.63, 3.8) is 0 Å². The summed E-state index contributed by atoms with van der Waals surface area (Å²) in [5.41, 5.74) is 3.25. The molecule has 0 N–H and O–H groups in total. The van der Waals surface area contributed by atoms with Crippen molar-refractivity contribution in [1.82, 2.24) is 14.3 Å². The van der Waals surface area contributed by atoms with E-state index in [1.807, 2.05) is 41.1 Å². The summed E-state index contributed by atoms with van der Waals surface area (Å²) in [5.74, 6) is -0.601. The van der Waals surface area contributed by atoms with Gasteiger partial charge in [0.1, 0.15) is 5.56 Å². The number of fused-ring (bicyclic) bond motifs is 1. The minimum Gasteiger partial charge on any atom is -0.462 e. The fraction of sp³-hybridized carbons (Fsp3) is 0.320. The second-order valence-electron chi connectivity index (χ2n) is 7.70. The van der Waals surface area contributed by atoms with Crippen molar-refractivity contribution in [1.29, 1.82) is 0 Å². The van der Waals surface area contributed by atoms with Gasteiger partial charge < -0.3 is 14.0 Å². The van der Waals surface area contributed by atoms with E-state index in [9.17, 15) is 9.59 Å². The van der Waals surface area contributed by atoms with Crippen molar-refractivity contribution >= 4 is 5.97 Å². The third-order valence-electron chi connectivity index (χ3n) is 5.60. The summed E-state index contributed by atoms with van der Waals surface area (Å²) >= 11 is 0. The monoisotopic (exact) mass is 433 g/mol. The van der Waals surface area contributed by atoms with Crippen LogP contribution in [-0.4, -0.2) is 33.5 Å². The molecule has 0 amide bonds. The lowest BCUT2D eigenvalue weighted by atomic mass is 9.91. The number of carbonyl (C=O) groups is 1. The van der Waals surface area contributed by atoms with Crippen molar-refractivity contribution in [3.05, 3.63) is 94.2 Å². The molecule has 32 heavy (non-hydrogen) atoms. The van der Waals surface area contributed by atoms with Crippen molar-refractivity contribution < 1.29 is 14.3 Å². The summed E-state index contributed by atoms with van der Waals surface area (Å²) in [4.78, 5) is 25.8. The van der Waals surface area contributed by atoms with E-state index in [0.717, 1.165) is 36.2 Å². The lowest BCUT2D eigenvalue weighted by Gasteiger charge is -2.28. The predicted octanol–water partition coefficient (Wildman–Crippen LogP) is 3.84. The summed E-state index contributed by atoms with van der Waals surface area (Å²) in [6.45, 7) is 6.52. The van der Waals surface area contributed by atoms with E-state index in [1.54, 1.807) is 30.1 Å². The van der Waals surface area contributed by atoms with Gasteiger partial charge >= 0.3 is 5.97 Å². The number of ether oxygens (including phenoxy) is 2. The standard InChI is InChI=1S/C25H27N3O4/c1-3-15-32-22-8-5-7-21-23(22)24(29)20(25(30)31-4-2)17-27(21)16-18-9-11-19(12-10-18)28-14-6-13-26-28/h3,6,9-14,17,22H,1,4-5,7-8,15-16H2,2H3. The number of hydrogen-bond acceptors (Lipinski definition) is 5. The Bertz CT molecular complexity index is 1150. The molecule has 0 saturated heterocycles. The third kappa shape index (κ3) is 4.43.